The van der Waals surface area contributed by atoms with Gasteiger partial charge in [-0.15, -0.1) is 0 Å². The number of aromatic amines is 1. The number of fused-ring (bicyclic) bond motifs is 1. The monoisotopic (exact) mass is 338 g/mol. The first-order valence-electron chi connectivity index (χ1n) is 7.91. The van der Waals surface area contributed by atoms with E-state index < -0.39 is 12.1 Å². The molecule has 3 aromatic rings. The topological polar surface area (TPSA) is 81.3 Å². The highest BCUT2D eigenvalue weighted by Crippen LogP contribution is 2.16. The van der Waals surface area contributed by atoms with E-state index in [0.29, 0.717) is 22.5 Å². The number of para-hydroxylation sites is 1. The van der Waals surface area contributed by atoms with Crippen molar-refractivity contribution >= 4 is 16.9 Å². The molecule has 1 atom stereocenters. The van der Waals surface area contributed by atoms with Crippen LogP contribution in [-0.2, 0) is 9.53 Å². The Bertz CT molecular complexity index is 965. The molecule has 0 radical (unpaired) electrons. The van der Waals surface area contributed by atoms with Crippen LogP contribution in [0.5, 0.6) is 5.75 Å². The number of aromatic nitrogens is 2. The van der Waals surface area contributed by atoms with Crippen molar-refractivity contribution in [2.45, 2.75) is 20.0 Å². The standard InChI is InChI=1S/C19H18N2O4/c1-12-6-5-7-14(10-12)24-11-17(22)25-13(2)18-20-16-9-4-3-8-15(16)19(23)21-18/h3-10,13H,11H2,1-2H3,(H,20,21,23)/t13-/m1/s1. The third kappa shape index (κ3) is 4.03. The second-order valence-corrected chi connectivity index (χ2v) is 5.71. The van der Waals surface area contributed by atoms with Gasteiger partial charge in [0.25, 0.3) is 5.56 Å². The number of benzene rings is 2. The van der Waals surface area contributed by atoms with Gasteiger partial charge in [-0.1, -0.05) is 24.3 Å². The van der Waals surface area contributed by atoms with E-state index in [0.717, 1.165) is 5.56 Å². The van der Waals surface area contributed by atoms with Crippen LogP contribution >= 0.6 is 0 Å². The Kier molecular flexibility index (Phi) is 4.79. The van der Waals surface area contributed by atoms with Crippen LogP contribution in [0.4, 0.5) is 0 Å². The predicted octanol–water partition coefficient (Wildman–Crippen LogP) is 2.91. The Balaban J connectivity index is 1.66. The minimum absolute atomic E-state index is 0.217. The van der Waals surface area contributed by atoms with E-state index in [1.54, 1.807) is 37.3 Å². The lowest BCUT2D eigenvalue weighted by Gasteiger charge is -2.13. The summed E-state index contributed by atoms with van der Waals surface area (Å²) < 4.78 is 10.7. The summed E-state index contributed by atoms with van der Waals surface area (Å²) in [6.45, 7) is 3.37. The first kappa shape index (κ1) is 16.7. The first-order valence-corrected chi connectivity index (χ1v) is 7.91. The molecule has 0 saturated carbocycles. The number of hydrogen-bond donors (Lipinski definition) is 1. The Hall–Kier alpha value is -3.15. The van der Waals surface area contributed by atoms with Gasteiger partial charge in [-0.2, -0.15) is 0 Å². The van der Waals surface area contributed by atoms with E-state index in [1.165, 1.54) is 0 Å². The van der Waals surface area contributed by atoms with Gasteiger partial charge in [-0.05, 0) is 43.7 Å². The van der Waals surface area contributed by atoms with Crippen molar-refractivity contribution in [2.24, 2.45) is 0 Å². The molecule has 1 heterocycles. The summed E-state index contributed by atoms with van der Waals surface area (Å²) >= 11 is 0. The number of carbonyl (C=O) groups excluding carboxylic acids is 1. The summed E-state index contributed by atoms with van der Waals surface area (Å²) in [4.78, 5) is 31.0. The lowest BCUT2D eigenvalue weighted by atomic mass is 10.2. The number of H-pyrrole nitrogens is 1. The van der Waals surface area contributed by atoms with Gasteiger partial charge in [-0.25, -0.2) is 9.78 Å². The molecule has 0 fully saturated rings. The highest BCUT2D eigenvalue weighted by molar-refractivity contribution is 5.77. The molecular weight excluding hydrogens is 320 g/mol. The molecule has 0 unspecified atom stereocenters. The molecular formula is C19H18N2O4. The molecule has 0 aliphatic carbocycles. The zero-order valence-electron chi connectivity index (χ0n) is 14.0. The number of hydrogen-bond acceptors (Lipinski definition) is 5. The number of aryl methyl sites for hydroxylation is 1. The summed E-state index contributed by atoms with van der Waals surface area (Å²) in [6.07, 6.45) is -0.689. The molecule has 0 saturated heterocycles. The van der Waals surface area contributed by atoms with Gasteiger partial charge in [0.05, 0.1) is 10.9 Å². The van der Waals surface area contributed by atoms with Crippen molar-refractivity contribution in [3.8, 4) is 5.75 Å². The van der Waals surface area contributed by atoms with E-state index in [-0.39, 0.29) is 12.2 Å². The number of carbonyl (C=O) groups is 1. The highest BCUT2D eigenvalue weighted by Gasteiger charge is 2.16. The SMILES string of the molecule is Cc1cccc(OCC(=O)O[C@H](C)c2nc3ccccc3c(=O)[nH]2)c1. The summed E-state index contributed by atoms with van der Waals surface area (Å²) in [5.41, 5.74) is 1.33. The zero-order chi connectivity index (χ0) is 17.8. The van der Waals surface area contributed by atoms with Crippen LogP contribution < -0.4 is 10.3 Å². The average molecular weight is 338 g/mol. The zero-order valence-corrected chi connectivity index (χ0v) is 14.0. The number of ether oxygens (including phenoxy) is 2. The quantitative estimate of drug-likeness (QED) is 0.724. The van der Waals surface area contributed by atoms with Gasteiger partial charge >= 0.3 is 5.97 Å². The average Bonchev–Trinajstić information content (AvgIpc) is 2.60. The third-order valence-corrected chi connectivity index (χ3v) is 3.67. The largest absolute Gasteiger partial charge is 0.482 e. The molecule has 6 heteroatoms. The molecule has 0 spiro atoms. The number of nitrogens with one attached hydrogen (secondary N) is 1. The van der Waals surface area contributed by atoms with Crippen molar-refractivity contribution in [1.82, 2.24) is 9.97 Å². The maximum atomic E-state index is 12.1. The maximum absolute atomic E-state index is 12.1. The fourth-order valence-electron chi connectivity index (χ4n) is 2.43. The van der Waals surface area contributed by atoms with Gasteiger partial charge in [0, 0.05) is 0 Å². The molecule has 0 amide bonds. The van der Waals surface area contributed by atoms with E-state index in [9.17, 15) is 9.59 Å². The van der Waals surface area contributed by atoms with Crippen molar-refractivity contribution in [3.05, 3.63) is 70.3 Å². The second-order valence-electron chi connectivity index (χ2n) is 5.71. The van der Waals surface area contributed by atoms with Crippen molar-refractivity contribution in [3.63, 3.8) is 0 Å². The fraction of sp³-hybridized carbons (Fsp3) is 0.211. The Morgan fingerprint density at radius 3 is 2.80 bits per heavy atom. The first-order chi connectivity index (χ1) is 12.0. The van der Waals surface area contributed by atoms with Crippen LogP contribution in [0.15, 0.2) is 53.3 Å². The number of esters is 1. The predicted molar refractivity (Wildman–Crippen MR) is 93.5 cm³/mol. The van der Waals surface area contributed by atoms with Gasteiger partial charge in [0.15, 0.2) is 18.5 Å². The van der Waals surface area contributed by atoms with Crippen LogP contribution in [0.1, 0.15) is 24.4 Å². The van der Waals surface area contributed by atoms with Gasteiger partial charge in [0.1, 0.15) is 5.75 Å². The summed E-state index contributed by atoms with van der Waals surface area (Å²) in [5.74, 6) is 0.360. The van der Waals surface area contributed by atoms with E-state index in [4.69, 9.17) is 9.47 Å². The Labute approximate surface area is 144 Å². The van der Waals surface area contributed by atoms with E-state index in [2.05, 4.69) is 9.97 Å². The van der Waals surface area contributed by atoms with Crippen molar-refractivity contribution in [1.29, 1.82) is 0 Å². The summed E-state index contributed by atoms with van der Waals surface area (Å²) in [7, 11) is 0. The molecule has 2 aromatic carbocycles. The second kappa shape index (κ2) is 7.17. The van der Waals surface area contributed by atoms with Gasteiger partial charge in [-0.3, -0.25) is 4.79 Å². The smallest absolute Gasteiger partial charge is 0.344 e. The highest BCUT2D eigenvalue weighted by atomic mass is 16.6. The molecule has 6 nitrogen and oxygen atoms in total. The Morgan fingerprint density at radius 2 is 2.00 bits per heavy atom. The third-order valence-electron chi connectivity index (χ3n) is 3.67. The molecule has 0 aliphatic rings. The van der Waals surface area contributed by atoms with Crippen LogP contribution in [0.3, 0.4) is 0 Å². The number of rotatable bonds is 5. The molecule has 3 rings (SSSR count). The van der Waals surface area contributed by atoms with Gasteiger partial charge < -0.3 is 14.5 Å². The maximum Gasteiger partial charge on any atom is 0.344 e. The van der Waals surface area contributed by atoms with Crippen LogP contribution in [0.25, 0.3) is 10.9 Å². The molecule has 0 aliphatic heterocycles. The van der Waals surface area contributed by atoms with Crippen molar-refractivity contribution < 1.29 is 14.3 Å². The molecule has 1 N–H and O–H groups in total. The minimum atomic E-state index is -0.689. The lowest BCUT2D eigenvalue weighted by molar-refractivity contribution is -0.151. The number of nitrogens with zero attached hydrogens (tertiary/aromatic N) is 1. The van der Waals surface area contributed by atoms with Gasteiger partial charge in [0.2, 0.25) is 0 Å². The Morgan fingerprint density at radius 1 is 1.20 bits per heavy atom. The molecule has 0 bridgehead atoms. The van der Waals surface area contributed by atoms with E-state index in [1.807, 2.05) is 25.1 Å². The van der Waals surface area contributed by atoms with Crippen molar-refractivity contribution in [2.75, 3.05) is 6.61 Å². The molecule has 25 heavy (non-hydrogen) atoms. The molecule has 128 valence electrons. The van der Waals surface area contributed by atoms with Crippen LogP contribution in [-0.4, -0.2) is 22.5 Å². The molecule has 1 aromatic heterocycles. The van der Waals surface area contributed by atoms with E-state index >= 15 is 0 Å². The minimum Gasteiger partial charge on any atom is -0.482 e. The summed E-state index contributed by atoms with van der Waals surface area (Å²) in [5, 5.41) is 0.493. The van der Waals surface area contributed by atoms with Crippen LogP contribution in [0.2, 0.25) is 0 Å². The lowest BCUT2D eigenvalue weighted by Crippen LogP contribution is -2.20. The van der Waals surface area contributed by atoms with Crippen LogP contribution in [0, 0.1) is 6.92 Å². The fourth-order valence-corrected chi connectivity index (χ4v) is 2.43. The normalized spacial score (nSPS) is 11.9. The summed E-state index contributed by atoms with van der Waals surface area (Å²) in [6, 6.07) is 14.4.